The van der Waals surface area contributed by atoms with Gasteiger partial charge < -0.3 is 9.88 Å². The van der Waals surface area contributed by atoms with Crippen molar-refractivity contribution in [3.05, 3.63) is 68.3 Å². The molecule has 2 N–H and O–H groups in total. The van der Waals surface area contributed by atoms with Gasteiger partial charge in [0.25, 0.3) is 5.91 Å². The van der Waals surface area contributed by atoms with E-state index in [1.807, 2.05) is 45.0 Å². The Morgan fingerprint density at radius 1 is 1.18 bits per heavy atom. The van der Waals surface area contributed by atoms with Crippen LogP contribution >= 0.6 is 11.3 Å². The standard InChI is InChI=1S/C26H29N5OS/c1-16-9-10-21(11-17(16)2)28-15-25(32)30-29-14-20-12-18(3)31(19(20)4)26-23(13-27)22-7-5-6-8-24(22)33-26/h9-12,14,28H,5-8,15H2,1-4H3,(H,30,32)/b29-14+. The van der Waals surface area contributed by atoms with Crippen LogP contribution in [-0.2, 0) is 17.6 Å². The Balaban J connectivity index is 1.45. The zero-order valence-corrected chi connectivity index (χ0v) is 20.4. The number of aryl methyl sites for hydroxylation is 4. The molecular formula is C26H29N5OS. The number of nitrogens with one attached hydrogen (secondary N) is 2. The van der Waals surface area contributed by atoms with Crippen LogP contribution in [0.1, 0.15) is 56.9 Å². The maximum Gasteiger partial charge on any atom is 0.259 e. The van der Waals surface area contributed by atoms with Gasteiger partial charge in [-0.05, 0) is 88.3 Å². The van der Waals surface area contributed by atoms with Crippen molar-refractivity contribution in [2.75, 3.05) is 11.9 Å². The number of anilines is 1. The Labute approximate surface area is 198 Å². The number of hydrazone groups is 1. The summed E-state index contributed by atoms with van der Waals surface area (Å²) in [4.78, 5) is 13.6. The maximum absolute atomic E-state index is 12.2. The monoisotopic (exact) mass is 459 g/mol. The van der Waals surface area contributed by atoms with Crippen molar-refractivity contribution in [2.24, 2.45) is 5.10 Å². The molecule has 0 saturated carbocycles. The van der Waals surface area contributed by atoms with E-state index < -0.39 is 0 Å². The van der Waals surface area contributed by atoms with Crippen molar-refractivity contribution in [1.29, 1.82) is 5.26 Å². The molecule has 0 bridgehead atoms. The second kappa shape index (κ2) is 9.63. The number of hydrogen-bond acceptors (Lipinski definition) is 5. The molecule has 0 spiro atoms. The molecule has 170 valence electrons. The van der Waals surface area contributed by atoms with Gasteiger partial charge in [-0.2, -0.15) is 10.4 Å². The smallest absolute Gasteiger partial charge is 0.259 e. The third kappa shape index (κ3) is 4.71. The molecule has 2 aromatic heterocycles. The lowest BCUT2D eigenvalue weighted by Gasteiger charge is -2.10. The third-order valence-electron chi connectivity index (χ3n) is 6.29. The summed E-state index contributed by atoms with van der Waals surface area (Å²) in [6.07, 6.45) is 6.07. The minimum atomic E-state index is -0.212. The predicted molar refractivity (Wildman–Crippen MR) is 135 cm³/mol. The van der Waals surface area contributed by atoms with Gasteiger partial charge in [-0.25, -0.2) is 5.43 Å². The number of carbonyl (C=O) groups excluding carboxylic acids is 1. The van der Waals surface area contributed by atoms with Crippen LogP contribution < -0.4 is 10.7 Å². The van der Waals surface area contributed by atoms with Crippen LogP contribution in [0.25, 0.3) is 5.00 Å². The maximum atomic E-state index is 12.2. The van der Waals surface area contributed by atoms with Gasteiger partial charge in [0.05, 0.1) is 18.3 Å². The molecule has 1 aliphatic rings. The second-order valence-corrected chi connectivity index (χ2v) is 9.69. The Kier molecular flexibility index (Phi) is 6.66. The molecule has 0 atom stereocenters. The van der Waals surface area contributed by atoms with Crippen LogP contribution in [0.2, 0.25) is 0 Å². The molecule has 2 heterocycles. The summed E-state index contributed by atoms with van der Waals surface area (Å²) in [5.74, 6) is -0.212. The molecule has 1 amide bonds. The molecule has 7 heteroatoms. The fourth-order valence-electron chi connectivity index (χ4n) is 4.30. The van der Waals surface area contributed by atoms with Crippen molar-refractivity contribution in [3.63, 3.8) is 0 Å². The SMILES string of the molecule is Cc1ccc(NCC(=O)N/N=C/c2cc(C)n(-c3sc4c(c3C#N)CCCC4)c2C)cc1C. The summed E-state index contributed by atoms with van der Waals surface area (Å²) >= 11 is 1.73. The number of aromatic nitrogens is 1. The van der Waals surface area contributed by atoms with Crippen LogP contribution in [-0.4, -0.2) is 23.2 Å². The van der Waals surface area contributed by atoms with Gasteiger partial charge in [0.15, 0.2) is 0 Å². The van der Waals surface area contributed by atoms with E-state index in [1.165, 1.54) is 28.0 Å². The van der Waals surface area contributed by atoms with E-state index in [0.717, 1.165) is 52.5 Å². The lowest BCUT2D eigenvalue weighted by atomic mass is 9.96. The van der Waals surface area contributed by atoms with E-state index >= 15 is 0 Å². The summed E-state index contributed by atoms with van der Waals surface area (Å²) in [6, 6.07) is 10.5. The van der Waals surface area contributed by atoms with Crippen LogP contribution in [0.15, 0.2) is 29.4 Å². The summed E-state index contributed by atoms with van der Waals surface area (Å²) in [5.41, 5.74) is 10.9. The van der Waals surface area contributed by atoms with Crippen LogP contribution in [0.4, 0.5) is 5.69 Å². The Hall–Kier alpha value is -3.37. The average molecular weight is 460 g/mol. The molecule has 0 unspecified atom stereocenters. The minimum Gasteiger partial charge on any atom is -0.376 e. The first-order valence-corrected chi connectivity index (χ1v) is 12.1. The van der Waals surface area contributed by atoms with Crippen LogP contribution in [0, 0.1) is 39.0 Å². The van der Waals surface area contributed by atoms with Crippen molar-refractivity contribution in [3.8, 4) is 11.1 Å². The zero-order chi connectivity index (χ0) is 23.5. The van der Waals surface area contributed by atoms with Gasteiger partial charge in [0.1, 0.15) is 11.1 Å². The number of nitrogens with zero attached hydrogens (tertiary/aromatic N) is 3. The third-order valence-corrected chi connectivity index (χ3v) is 7.57. The first kappa shape index (κ1) is 22.8. The molecule has 3 aromatic rings. The van der Waals surface area contributed by atoms with Crippen molar-refractivity contribution in [2.45, 2.75) is 53.4 Å². The van der Waals surface area contributed by atoms with Crippen molar-refractivity contribution < 1.29 is 4.79 Å². The van der Waals surface area contributed by atoms with Crippen LogP contribution in [0.3, 0.4) is 0 Å². The summed E-state index contributed by atoms with van der Waals surface area (Å²) in [5, 5.41) is 18.1. The molecule has 0 radical (unpaired) electrons. The van der Waals surface area contributed by atoms with E-state index in [0.29, 0.717) is 0 Å². The van der Waals surface area contributed by atoms with Gasteiger partial charge in [-0.15, -0.1) is 11.3 Å². The van der Waals surface area contributed by atoms with E-state index in [1.54, 1.807) is 17.6 Å². The first-order valence-electron chi connectivity index (χ1n) is 11.3. The number of hydrogen-bond donors (Lipinski definition) is 2. The predicted octanol–water partition coefficient (Wildman–Crippen LogP) is 5.09. The van der Waals surface area contributed by atoms with Gasteiger partial charge in [-0.1, -0.05) is 6.07 Å². The Morgan fingerprint density at radius 3 is 2.73 bits per heavy atom. The number of rotatable bonds is 6. The average Bonchev–Trinajstić information content (AvgIpc) is 3.30. The molecule has 1 aromatic carbocycles. The lowest BCUT2D eigenvalue weighted by Crippen LogP contribution is -2.25. The molecule has 0 saturated heterocycles. The Bertz CT molecular complexity index is 1270. The molecule has 0 fully saturated rings. The fourth-order valence-corrected chi connectivity index (χ4v) is 5.75. The van der Waals surface area contributed by atoms with E-state index in [2.05, 4.69) is 33.4 Å². The molecule has 33 heavy (non-hydrogen) atoms. The van der Waals surface area contributed by atoms with Crippen molar-refractivity contribution in [1.82, 2.24) is 9.99 Å². The minimum absolute atomic E-state index is 0.144. The van der Waals surface area contributed by atoms with Gasteiger partial charge in [-0.3, -0.25) is 4.79 Å². The number of amides is 1. The highest BCUT2D eigenvalue weighted by molar-refractivity contribution is 7.15. The van der Waals surface area contributed by atoms with E-state index in [4.69, 9.17) is 0 Å². The van der Waals surface area contributed by atoms with Gasteiger partial charge >= 0.3 is 0 Å². The summed E-state index contributed by atoms with van der Waals surface area (Å²) < 4.78 is 2.14. The van der Waals surface area contributed by atoms with Crippen LogP contribution in [0.5, 0.6) is 0 Å². The summed E-state index contributed by atoms with van der Waals surface area (Å²) in [6.45, 7) is 8.32. The quantitative estimate of drug-likeness (QED) is 0.398. The fraction of sp³-hybridized carbons (Fsp3) is 0.346. The number of carbonyl (C=O) groups is 1. The highest BCUT2D eigenvalue weighted by Crippen LogP contribution is 2.38. The van der Waals surface area contributed by atoms with Gasteiger partial charge in [0, 0.05) is 27.5 Å². The molecule has 0 aliphatic heterocycles. The normalized spacial score (nSPS) is 13.1. The van der Waals surface area contributed by atoms with E-state index in [-0.39, 0.29) is 12.5 Å². The molecular weight excluding hydrogens is 430 g/mol. The number of thiophene rings is 1. The highest BCUT2D eigenvalue weighted by atomic mass is 32.1. The molecule has 6 nitrogen and oxygen atoms in total. The molecule has 1 aliphatic carbocycles. The number of nitriles is 1. The van der Waals surface area contributed by atoms with Crippen molar-refractivity contribution >= 4 is 29.1 Å². The second-order valence-electron chi connectivity index (χ2n) is 8.61. The summed E-state index contributed by atoms with van der Waals surface area (Å²) in [7, 11) is 0. The topological polar surface area (TPSA) is 82.2 Å². The lowest BCUT2D eigenvalue weighted by molar-refractivity contribution is -0.119. The highest BCUT2D eigenvalue weighted by Gasteiger charge is 2.23. The largest absolute Gasteiger partial charge is 0.376 e. The van der Waals surface area contributed by atoms with Gasteiger partial charge in [0.2, 0.25) is 0 Å². The Morgan fingerprint density at radius 2 is 1.97 bits per heavy atom. The zero-order valence-electron chi connectivity index (χ0n) is 19.6. The first-order chi connectivity index (χ1) is 15.9. The number of fused-ring (bicyclic) bond motifs is 1. The molecule has 4 rings (SSSR count). The van der Waals surface area contributed by atoms with E-state index in [9.17, 15) is 10.1 Å². The number of benzene rings is 1.